The molecule has 7 aromatic rings. The first-order chi connectivity index (χ1) is 22.6. The number of benzene rings is 4. The van der Waals surface area contributed by atoms with Gasteiger partial charge in [0.2, 0.25) is 0 Å². The van der Waals surface area contributed by atoms with Crippen LogP contribution >= 0.6 is 0 Å². The van der Waals surface area contributed by atoms with E-state index in [0.717, 1.165) is 55.6 Å². The van der Waals surface area contributed by atoms with Crippen molar-refractivity contribution in [2.24, 2.45) is 5.92 Å². The predicted octanol–water partition coefficient (Wildman–Crippen LogP) is 11.3. The molecular weight excluding hydrogens is 825 g/mol. The van der Waals surface area contributed by atoms with E-state index in [1.807, 2.05) is 36.5 Å². The van der Waals surface area contributed by atoms with Crippen molar-refractivity contribution >= 4 is 39.6 Å². The fourth-order valence-electron chi connectivity index (χ4n) is 6.09. The fraction of sp³-hybridized carbons (Fsp3) is 0.209. The summed E-state index contributed by atoms with van der Waals surface area (Å²) in [7, 11) is 0. The summed E-state index contributed by atoms with van der Waals surface area (Å²) in [4.78, 5) is 9.25. The van der Waals surface area contributed by atoms with Gasteiger partial charge in [-0.2, -0.15) is 0 Å². The van der Waals surface area contributed by atoms with Gasteiger partial charge in [0.25, 0.3) is 0 Å². The van der Waals surface area contributed by atoms with E-state index in [0.29, 0.717) is 11.8 Å². The molecule has 0 aliphatic carbocycles. The number of rotatable bonds is 6. The summed E-state index contributed by atoms with van der Waals surface area (Å²) in [5.41, 5.74) is 10.6. The maximum absolute atomic E-state index is 6.50. The number of aryl methyl sites for hydroxylation is 1. The van der Waals surface area contributed by atoms with Crippen LogP contribution in [0.4, 0.5) is 0 Å². The fourth-order valence-corrected chi connectivity index (χ4v) is 9.67. The maximum Gasteiger partial charge on any atom is 0 e. The summed E-state index contributed by atoms with van der Waals surface area (Å²) in [6, 6.07) is 41.9. The maximum atomic E-state index is 6.50. The summed E-state index contributed by atoms with van der Waals surface area (Å²) in [6.07, 6.45) is 3.97. The van der Waals surface area contributed by atoms with E-state index >= 15 is 0 Å². The van der Waals surface area contributed by atoms with Gasteiger partial charge in [0.15, 0.2) is 0 Å². The number of aromatic nitrogens is 2. The molecule has 0 saturated carbocycles. The van der Waals surface area contributed by atoms with Crippen molar-refractivity contribution in [1.82, 2.24) is 9.97 Å². The first kappa shape index (κ1) is 35.5. The van der Waals surface area contributed by atoms with Crippen molar-refractivity contribution in [3.8, 4) is 33.6 Å². The van der Waals surface area contributed by atoms with Gasteiger partial charge in [-0.25, -0.2) is 0 Å². The van der Waals surface area contributed by atoms with Gasteiger partial charge in [-0.1, -0.05) is 91.9 Å². The summed E-state index contributed by atoms with van der Waals surface area (Å²) >= 11 is -1.77. The molecule has 0 fully saturated rings. The van der Waals surface area contributed by atoms with Crippen LogP contribution in [0, 0.1) is 25.0 Å². The number of furan rings is 1. The summed E-state index contributed by atoms with van der Waals surface area (Å²) < 4.78 is 7.99. The van der Waals surface area contributed by atoms with Crippen molar-refractivity contribution in [3.63, 3.8) is 0 Å². The molecule has 0 aliphatic rings. The third kappa shape index (κ3) is 7.57. The Morgan fingerprint density at radius 3 is 2.15 bits per heavy atom. The molecule has 0 amide bonds. The van der Waals surface area contributed by atoms with Crippen LogP contribution in [-0.2, 0) is 20.1 Å². The number of hydrogen-bond donors (Lipinski definition) is 0. The van der Waals surface area contributed by atoms with Crippen LogP contribution in [0.2, 0.25) is 17.3 Å². The average Bonchev–Trinajstić information content (AvgIpc) is 3.48. The SMILES string of the molecule is CC(C)C(C)c1ccnc(-c2[c-]ccc3c2oc2c(-c4ccccc4)cccc23)c1.Cc1cc(-c2[c-]cccc2)nc[c]1[Ge]([CH3])([CH3])[CH3].[Ir]. The minimum Gasteiger partial charge on any atom is 0 e. The molecule has 1 radical (unpaired) electrons. The minimum atomic E-state index is -1.77. The molecule has 1 atom stereocenters. The molecule has 3 heterocycles. The first-order valence-electron chi connectivity index (χ1n) is 16.4. The Morgan fingerprint density at radius 2 is 1.46 bits per heavy atom. The van der Waals surface area contributed by atoms with Crippen LogP contribution in [0.15, 0.2) is 120 Å². The van der Waals surface area contributed by atoms with Gasteiger partial charge in [0, 0.05) is 37.3 Å². The van der Waals surface area contributed by atoms with Crippen LogP contribution in [0.3, 0.4) is 0 Å². The smallest absolute Gasteiger partial charge is 0 e. The second-order valence-electron chi connectivity index (χ2n) is 13.7. The van der Waals surface area contributed by atoms with E-state index in [4.69, 9.17) is 4.42 Å². The van der Waals surface area contributed by atoms with Gasteiger partial charge < -0.3 is 9.40 Å². The molecule has 48 heavy (non-hydrogen) atoms. The van der Waals surface area contributed by atoms with E-state index in [2.05, 4.69) is 146 Å². The zero-order valence-corrected chi connectivity index (χ0v) is 33.3. The van der Waals surface area contributed by atoms with Crippen LogP contribution in [-0.4, -0.2) is 23.2 Å². The normalized spacial score (nSPS) is 12.0. The van der Waals surface area contributed by atoms with Gasteiger partial charge >= 0.3 is 106 Å². The van der Waals surface area contributed by atoms with Crippen LogP contribution in [0.5, 0.6) is 0 Å². The van der Waals surface area contributed by atoms with Crippen molar-refractivity contribution < 1.29 is 24.5 Å². The van der Waals surface area contributed by atoms with Crippen molar-refractivity contribution in [3.05, 3.63) is 139 Å². The molecule has 5 heteroatoms. The summed E-state index contributed by atoms with van der Waals surface area (Å²) in [5, 5.41) is 2.22. The molecule has 0 spiro atoms. The summed E-state index contributed by atoms with van der Waals surface area (Å²) in [5.74, 6) is 8.24. The largest absolute Gasteiger partial charge is 0 e. The van der Waals surface area contributed by atoms with E-state index in [9.17, 15) is 0 Å². The second kappa shape index (κ2) is 15.2. The van der Waals surface area contributed by atoms with Crippen LogP contribution in [0.25, 0.3) is 55.6 Å². The van der Waals surface area contributed by atoms with Crippen molar-refractivity contribution in [1.29, 1.82) is 0 Å². The van der Waals surface area contributed by atoms with E-state index < -0.39 is 13.3 Å². The minimum absolute atomic E-state index is 0. The Kier molecular flexibility index (Phi) is 11.2. The quantitative estimate of drug-likeness (QED) is 0.123. The molecule has 3 nitrogen and oxygen atoms in total. The third-order valence-corrected chi connectivity index (χ3v) is 13.5. The molecule has 1 unspecified atom stereocenters. The Hall–Kier alpha value is -3.83. The Labute approximate surface area is 301 Å². The molecule has 4 aromatic carbocycles. The molecular formula is C43H42GeIrN2O-2. The molecule has 3 aromatic heterocycles. The van der Waals surface area contributed by atoms with Gasteiger partial charge in [-0.05, 0) is 29.2 Å². The topological polar surface area (TPSA) is 38.9 Å². The monoisotopic (exact) mass is 869 g/mol. The predicted molar refractivity (Wildman–Crippen MR) is 201 cm³/mol. The standard InChI is InChI=1S/C28H24NO.C15H18GeN.Ir/c1-18(2)19(3)21-15-16-29-26(17-21)25-14-8-13-24-23-12-7-11-22(27(23)30-28(24)25)20-9-5-4-6-10-20;1-12-10-15(13-8-6-5-7-9-13)17-11-14(12)16(2,3)4;/h4-13,15-19H,1-3H3;5-8,10-11H,1-4H3;/q2*-1;. The van der Waals surface area contributed by atoms with Crippen LogP contribution in [0.1, 0.15) is 37.8 Å². The molecule has 0 saturated heterocycles. The number of para-hydroxylation sites is 1. The molecule has 0 aliphatic heterocycles. The zero-order chi connectivity index (χ0) is 33.1. The Bertz CT molecular complexity index is 2130. The van der Waals surface area contributed by atoms with Gasteiger partial charge in [0.05, 0.1) is 5.58 Å². The number of fused-ring (bicyclic) bond motifs is 3. The van der Waals surface area contributed by atoms with Crippen molar-refractivity contribution in [2.45, 2.75) is 50.9 Å². The van der Waals surface area contributed by atoms with Crippen LogP contribution < -0.4 is 4.40 Å². The molecule has 0 bridgehead atoms. The molecule has 0 N–H and O–H groups in total. The third-order valence-electron chi connectivity index (χ3n) is 9.01. The summed E-state index contributed by atoms with van der Waals surface area (Å²) in [6.45, 7) is 8.96. The molecule has 245 valence electrons. The number of nitrogens with zero attached hydrogens (tertiary/aromatic N) is 2. The van der Waals surface area contributed by atoms with E-state index in [-0.39, 0.29) is 20.1 Å². The average molecular weight is 868 g/mol. The second-order valence-corrected chi connectivity index (χ2v) is 24.2. The Morgan fingerprint density at radius 1 is 0.708 bits per heavy atom. The first-order valence-corrected chi connectivity index (χ1v) is 23.8. The van der Waals surface area contributed by atoms with Gasteiger partial charge in [-0.3, -0.25) is 0 Å². The van der Waals surface area contributed by atoms with Gasteiger partial charge in [-0.15, -0.1) is 18.2 Å². The molecule has 7 rings (SSSR count). The number of hydrogen-bond acceptors (Lipinski definition) is 3. The van der Waals surface area contributed by atoms with Gasteiger partial charge in [0.1, 0.15) is 5.58 Å². The Balaban J connectivity index is 0.000000214. The number of pyridine rings is 2. The van der Waals surface area contributed by atoms with E-state index in [1.165, 1.54) is 15.5 Å². The van der Waals surface area contributed by atoms with Crippen molar-refractivity contribution in [2.75, 3.05) is 0 Å². The van der Waals surface area contributed by atoms with E-state index in [1.54, 1.807) is 0 Å². The zero-order valence-electron chi connectivity index (χ0n) is 28.8.